The first-order valence-electron chi connectivity index (χ1n) is 6.36. The molecular weight excluding hydrogens is 348 g/mol. The van der Waals surface area contributed by atoms with Crippen molar-refractivity contribution < 1.29 is 27.5 Å². The second-order valence-electron chi connectivity index (χ2n) is 4.57. The van der Waals surface area contributed by atoms with Crippen LogP contribution in [0.25, 0.3) is 0 Å². The van der Waals surface area contributed by atoms with E-state index in [0.29, 0.717) is 0 Å². The van der Waals surface area contributed by atoms with E-state index in [9.17, 15) is 18.0 Å². The summed E-state index contributed by atoms with van der Waals surface area (Å²) < 4.78 is 35.8. The minimum absolute atomic E-state index is 0.00992. The van der Waals surface area contributed by atoms with Crippen LogP contribution in [0.5, 0.6) is 5.75 Å². The molecule has 1 rings (SSSR count). The minimum atomic E-state index is -3.89. The molecule has 0 spiro atoms. The number of hydrogen-bond donors (Lipinski definition) is 1. The van der Waals surface area contributed by atoms with Gasteiger partial charge < -0.3 is 14.4 Å². The van der Waals surface area contributed by atoms with Gasteiger partial charge in [-0.25, -0.2) is 17.9 Å². The van der Waals surface area contributed by atoms with E-state index in [1.54, 1.807) is 0 Å². The highest BCUT2D eigenvalue weighted by atomic mass is 35.5. The van der Waals surface area contributed by atoms with Gasteiger partial charge in [-0.15, -0.1) is 0 Å². The third-order valence-electron chi connectivity index (χ3n) is 2.70. The van der Waals surface area contributed by atoms with Crippen LogP contribution < -0.4 is 9.46 Å². The highest BCUT2D eigenvalue weighted by molar-refractivity contribution is 7.89. The standard InChI is InChI=1S/C13H17ClN2O6S/c1-16(2)12(17)7-15-23(19,20)9-4-5-11(10(14)6-9)22-8-13(18)21-3/h4-6,15H,7-8H2,1-3H3. The van der Waals surface area contributed by atoms with Crippen molar-refractivity contribution >= 4 is 33.5 Å². The number of ether oxygens (including phenoxy) is 2. The summed E-state index contributed by atoms with van der Waals surface area (Å²) >= 11 is 5.93. The summed E-state index contributed by atoms with van der Waals surface area (Å²) in [5.41, 5.74) is 0. The molecule has 23 heavy (non-hydrogen) atoms. The molecule has 0 radical (unpaired) electrons. The average Bonchev–Trinajstić information content (AvgIpc) is 2.50. The highest BCUT2D eigenvalue weighted by Crippen LogP contribution is 2.27. The molecule has 8 nitrogen and oxygen atoms in total. The predicted octanol–water partition coefficient (Wildman–Crippen LogP) is 0.258. The second kappa shape index (κ2) is 8.14. The molecule has 0 saturated carbocycles. The molecule has 0 aromatic heterocycles. The van der Waals surface area contributed by atoms with Crippen molar-refractivity contribution in [2.24, 2.45) is 0 Å². The first-order chi connectivity index (χ1) is 10.7. The number of carbonyl (C=O) groups is 2. The van der Waals surface area contributed by atoms with E-state index in [1.165, 1.54) is 38.2 Å². The normalized spacial score (nSPS) is 11.0. The quantitative estimate of drug-likeness (QED) is 0.696. The van der Waals surface area contributed by atoms with E-state index in [1.807, 2.05) is 0 Å². The van der Waals surface area contributed by atoms with Gasteiger partial charge >= 0.3 is 5.97 Å². The number of halogens is 1. The Kier molecular flexibility index (Phi) is 6.79. The lowest BCUT2D eigenvalue weighted by molar-refractivity contribution is -0.142. The highest BCUT2D eigenvalue weighted by Gasteiger charge is 2.18. The molecule has 0 aliphatic heterocycles. The molecule has 0 bridgehead atoms. The fourth-order valence-electron chi connectivity index (χ4n) is 1.36. The number of likely N-dealkylation sites (N-methyl/N-ethyl adjacent to an activating group) is 1. The van der Waals surface area contributed by atoms with Gasteiger partial charge in [0.15, 0.2) is 6.61 Å². The smallest absolute Gasteiger partial charge is 0.343 e. The van der Waals surface area contributed by atoms with Gasteiger partial charge in [0.2, 0.25) is 15.9 Å². The topological polar surface area (TPSA) is 102 Å². The zero-order valence-corrected chi connectivity index (χ0v) is 14.4. The van der Waals surface area contributed by atoms with E-state index < -0.39 is 21.9 Å². The van der Waals surface area contributed by atoms with Crippen LogP contribution in [0.4, 0.5) is 0 Å². The van der Waals surface area contributed by atoms with Crippen molar-refractivity contribution in [1.82, 2.24) is 9.62 Å². The molecule has 1 amide bonds. The second-order valence-corrected chi connectivity index (χ2v) is 6.74. The third kappa shape index (κ3) is 5.70. The Labute approximate surface area is 139 Å². The van der Waals surface area contributed by atoms with Crippen LogP contribution in [-0.4, -0.2) is 59.6 Å². The van der Waals surface area contributed by atoms with E-state index in [2.05, 4.69) is 9.46 Å². The Morgan fingerprint density at radius 2 is 1.96 bits per heavy atom. The number of methoxy groups -OCH3 is 1. The van der Waals surface area contributed by atoms with E-state index in [0.717, 1.165) is 6.07 Å². The zero-order chi connectivity index (χ0) is 17.6. The number of hydrogen-bond acceptors (Lipinski definition) is 6. The number of rotatable bonds is 7. The van der Waals surface area contributed by atoms with Crippen LogP contribution >= 0.6 is 11.6 Å². The summed E-state index contributed by atoms with van der Waals surface area (Å²) in [6.45, 7) is -0.717. The number of carbonyl (C=O) groups excluding carboxylic acids is 2. The van der Waals surface area contributed by atoms with E-state index in [4.69, 9.17) is 16.3 Å². The van der Waals surface area contributed by atoms with Crippen LogP contribution in [0.15, 0.2) is 23.1 Å². The van der Waals surface area contributed by atoms with Crippen LogP contribution in [0.1, 0.15) is 0 Å². The van der Waals surface area contributed by atoms with Crippen LogP contribution in [-0.2, 0) is 24.3 Å². The molecule has 0 atom stereocenters. The molecule has 1 aromatic carbocycles. The summed E-state index contributed by atoms with van der Waals surface area (Å²) in [4.78, 5) is 23.6. The van der Waals surface area contributed by atoms with E-state index in [-0.39, 0.29) is 28.8 Å². The molecule has 0 saturated heterocycles. The van der Waals surface area contributed by atoms with Crippen molar-refractivity contribution in [2.75, 3.05) is 34.4 Å². The Bertz CT molecular complexity index is 690. The number of benzene rings is 1. The maximum Gasteiger partial charge on any atom is 0.343 e. The first kappa shape index (κ1) is 19.2. The summed E-state index contributed by atoms with van der Waals surface area (Å²) in [7, 11) is 0.348. The Morgan fingerprint density at radius 1 is 1.30 bits per heavy atom. The van der Waals surface area contributed by atoms with Crippen molar-refractivity contribution in [1.29, 1.82) is 0 Å². The van der Waals surface area contributed by atoms with Crippen LogP contribution in [0.3, 0.4) is 0 Å². The lowest BCUT2D eigenvalue weighted by Gasteiger charge is -2.12. The summed E-state index contributed by atoms with van der Waals surface area (Å²) in [5.74, 6) is -0.847. The number of esters is 1. The molecule has 0 aliphatic carbocycles. The van der Waals surface area contributed by atoms with Crippen LogP contribution in [0.2, 0.25) is 5.02 Å². The van der Waals surface area contributed by atoms with Crippen molar-refractivity contribution in [3.8, 4) is 5.75 Å². The van der Waals surface area contributed by atoms with Gasteiger partial charge in [0.1, 0.15) is 5.75 Å². The van der Waals surface area contributed by atoms with Gasteiger partial charge in [0, 0.05) is 14.1 Å². The van der Waals surface area contributed by atoms with Crippen LogP contribution in [0, 0.1) is 0 Å². The molecule has 0 heterocycles. The number of amides is 1. The maximum atomic E-state index is 12.1. The Hall–Kier alpha value is -1.84. The molecule has 1 aromatic rings. The average molecular weight is 365 g/mol. The predicted molar refractivity (Wildman–Crippen MR) is 82.8 cm³/mol. The van der Waals surface area contributed by atoms with Gasteiger partial charge in [-0.3, -0.25) is 4.79 Å². The molecule has 0 aliphatic rings. The van der Waals surface area contributed by atoms with Gasteiger partial charge in [-0.05, 0) is 18.2 Å². The van der Waals surface area contributed by atoms with Crippen molar-refractivity contribution in [3.05, 3.63) is 23.2 Å². The molecule has 10 heteroatoms. The third-order valence-corrected chi connectivity index (χ3v) is 4.39. The minimum Gasteiger partial charge on any atom is -0.480 e. The zero-order valence-electron chi connectivity index (χ0n) is 12.8. The van der Waals surface area contributed by atoms with Gasteiger partial charge in [-0.2, -0.15) is 0 Å². The molecule has 128 valence electrons. The Balaban J connectivity index is 2.83. The van der Waals surface area contributed by atoms with Crippen molar-refractivity contribution in [2.45, 2.75) is 4.90 Å². The monoisotopic (exact) mass is 364 g/mol. The first-order valence-corrected chi connectivity index (χ1v) is 8.22. The number of nitrogens with zero attached hydrogens (tertiary/aromatic N) is 1. The van der Waals surface area contributed by atoms with Crippen molar-refractivity contribution in [3.63, 3.8) is 0 Å². The van der Waals surface area contributed by atoms with Gasteiger partial charge in [0.05, 0.1) is 23.6 Å². The summed E-state index contributed by atoms with van der Waals surface area (Å²) in [6.07, 6.45) is 0. The van der Waals surface area contributed by atoms with E-state index >= 15 is 0 Å². The fraction of sp³-hybridized carbons (Fsp3) is 0.385. The molecule has 0 fully saturated rings. The summed E-state index contributed by atoms with van der Waals surface area (Å²) in [6, 6.07) is 3.73. The van der Waals surface area contributed by atoms with Gasteiger partial charge in [0.25, 0.3) is 0 Å². The SMILES string of the molecule is COC(=O)COc1ccc(S(=O)(=O)NCC(=O)N(C)C)cc1Cl. The number of sulfonamides is 1. The molecular formula is C13H17ClN2O6S. The Morgan fingerprint density at radius 3 is 2.48 bits per heavy atom. The molecule has 1 N–H and O–H groups in total. The lowest BCUT2D eigenvalue weighted by Crippen LogP contribution is -2.36. The number of nitrogens with one attached hydrogen (secondary N) is 1. The largest absolute Gasteiger partial charge is 0.480 e. The maximum absolute atomic E-state index is 12.1. The lowest BCUT2D eigenvalue weighted by atomic mass is 10.3. The molecule has 0 unspecified atom stereocenters. The fourth-order valence-corrected chi connectivity index (χ4v) is 2.66. The van der Waals surface area contributed by atoms with Gasteiger partial charge in [-0.1, -0.05) is 11.6 Å². The summed E-state index contributed by atoms with van der Waals surface area (Å²) in [5, 5.41) is 0.00992.